The number of amides is 3. The van der Waals surface area contributed by atoms with E-state index < -0.39 is 5.54 Å². The molecular formula is C23H18N4O2. The summed E-state index contributed by atoms with van der Waals surface area (Å²) in [7, 11) is 0. The molecule has 2 aromatic carbocycles. The molecule has 2 N–H and O–H groups in total. The molecule has 0 bridgehead atoms. The van der Waals surface area contributed by atoms with E-state index >= 15 is 0 Å². The largest absolute Gasteiger partial charge is 0.361 e. The minimum absolute atomic E-state index is 0.185. The monoisotopic (exact) mass is 382 g/mol. The van der Waals surface area contributed by atoms with E-state index in [1.807, 2.05) is 42.6 Å². The maximum Gasteiger partial charge on any atom is 0.329 e. The van der Waals surface area contributed by atoms with E-state index in [0.717, 1.165) is 21.7 Å². The fraction of sp³-hybridized carbons (Fsp3) is 0.174. The molecule has 1 aliphatic heterocycles. The van der Waals surface area contributed by atoms with Gasteiger partial charge in [-0.2, -0.15) is 0 Å². The van der Waals surface area contributed by atoms with Crippen LogP contribution in [0.2, 0.25) is 0 Å². The number of imide groups is 1. The Morgan fingerprint density at radius 3 is 2.69 bits per heavy atom. The van der Waals surface area contributed by atoms with Crippen molar-refractivity contribution in [1.82, 2.24) is 15.3 Å². The van der Waals surface area contributed by atoms with Crippen molar-refractivity contribution in [2.75, 3.05) is 4.90 Å². The number of aromatic amines is 1. The van der Waals surface area contributed by atoms with Gasteiger partial charge in [-0.1, -0.05) is 42.5 Å². The van der Waals surface area contributed by atoms with E-state index in [0.29, 0.717) is 18.5 Å². The van der Waals surface area contributed by atoms with Gasteiger partial charge < -0.3 is 10.3 Å². The van der Waals surface area contributed by atoms with Crippen LogP contribution in [0.3, 0.4) is 0 Å². The third-order valence-electron chi connectivity index (χ3n) is 6.30. The number of carbonyl (C=O) groups is 2. The Hall–Kier alpha value is -3.67. The fourth-order valence-corrected chi connectivity index (χ4v) is 4.85. The van der Waals surface area contributed by atoms with Gasteiger partial charge in [-0.3, -0.25) is 9.78 Å². The van der Waals surface area contributed by atoms with Crippen LogP contribution in [0.1, 0.15) is 24.3 Å². The van der Waals surface area contributed by atoms with Crippen LogP contribution < -0.4 is 10.2 Å². The zero-order chi connectivity index (χ0) is 19.6. The van der Waals surface area contributed by atoms with Gasteiger partial charge in [0.25, 0.3) is 5.91 Å². The number of H-pyrrole nitrogens is 1. The van der Waals surface area contributed by atoms with Crippen molar-refractivity contribution in [3.63, 3.8) is 0 Å². The van der Waals surface area contributed by atoms with Gasteiger partial charge >= 0.3 is 6.03 Å². The molecule has 0 radical (unpaired) electrons. The number of rotatable bonds is 2. The van der Waals surface area contributed by atoms with E-state index in [2.05, 4.69) is 27.4 Å². The number of hydrogen-bond donors (Lipinski definition) is 2. The number of pyridine rings is 1. The molecule has 3 heterocycles. The fourth-order valence-electron chi connectivity index (χ4n) is 4.85. The smallest absolute Gasteiger partial charge is 0.329 e. The summed E-state index contributed by atoms with van der Waals surface area (Å²) < 4.78 is 0. The molecule has 1 saturated carbocycles. The molecule has 4 aromatic rings. The Labute approximate surface area is 166 Å². The van der Waals surface area contributed by atoms with E-state index in [1.54, 1.807) is 12.4 Å². The van der Waals surface area contributed by atoms with Crippen molar-refractivity contribution >= 4 is 39.3 Å². The number of anilines is 1. The molecule has 29 heavy (non-hydrogen) atoms. The van der Waals surface area contributed by atoms with Gasteiger partial charge in [0.1, 0.15) is 5.54 Å². The first kappa shape index (κ1) is 16.3. The predicted molar refractivity (Wildman–Crippen MR) is 111 cm³/mol. The molecule has 0 unspecified atom stereocenters. The van der Waals surface area contributed by atoms with Crippen LogP contribution >= 0.6 is 0 Å². The topological polar surface area (TPSA) is 78.1 Å². The second-order valence-corrected chi connectivity index (χ2v) is 7.93. The molecule has 1 aliphatic carbocycles. The molecule has 2 aliphatic rings. The first-order valence-corrected chi connectivity index (χ1v) is 9.72. The quantitative estimate of drug-likeness (QED) is 0.513. The molecule has 2 fully saturated rings. The SMILES string of the molecule is O=C1NC2(CC(c3cccc4cc[nH]c34)C2)C(=O)N1c1cncc2ccccc12. The summed E-state index contributed by atoms with van der Waals surface area (Å²) in [4.78, 5) is 35.0. The number of benzene rings is 2. The molecule has 6 nitrogen and oxygen atoms in total. The molecule has 3 amide bonds. The molecular weight excluding hydrogens is 364 g/mol. The lowest BCUT2D eigenvalue weighted by atomic mass is 9.65. The molecule has 1 spiro atoms. The van der Waals surface area contributed by atoms with Crippen LogP contribution in [0, 0.1) is 0 Å². The Morgan fingerprint density at radius 2 is 1.79 bits per heavy atom. The summed E-state index contributed by atoms with van der Waals surface area (Å²) in [5, 5.41) is 5.87. The summed E-state index contributed by atoms with van der Waals surface area (Å²) in [5.41, 5.74) is 2.02. The highest BCUT2D eigenvalue weighted by Crippen LogP contribution is 2.50. The van der Waals surface area contributed by atoms with Crippen molar-refractivity contribution in [2.24, 2.45) is 0 Å². The number of nitrogens with one attached hydrogen (secondary N) is 2. The standard InChI is InChI=1S/C23H18N4O2/c28-21-23(10-16(11-23)18-7-3-5-14-8-9-25-20(14)18)26-22(29)27(21)19-13-24-12-15-4-1-2-6-17(15)19/h1-9,12-13,16,25H,10-11H2,(H,26,29). The third kappa shape index (κ3) is 2.20. The Morgan fingerprint density at radius 1 is 0.966 bits per heavy atom. The van der Waals surface area contributed by atoms with Crippen LogP contribution in [0.4, 0.5) is 10.5 Å². The Kier molecular flexibility index (Phi) is 3.19. The highest BCUT2D eigenvalue weighted by molar-refractivity contribution is 6.26. The van der Waals surface area contributed by atoms with Crippen LogP contribution in [0.5, 0.6) is 0 Å². The average Bonchev–Trinajstić information content (AvgIpc) is 3.29. The minimum Gasteiger partial charge on any atom is -0.361 e. The zero-order valence-electron chi connectivity index (χ0n) is 15.6. The maximum atomic E-state index is 13.4. The first-order chi connectivity index (χ1) is 14.2. The van der Waals surface area contributed by atoms with E-state index in [-0.39, 0.29) is 17.9 Å². The molecule has 6 heteroatoms. The molecule has 1 saturated heterocycles. The summed E-state index contributed by atoms with van der Waals surface area (Å²) in [6.45, 7) is 0. The molecule has 2 aromatic heterocycles. The van der Waals surface area contributed by atoms with E-state index in [4.69, 9.17) is 0 Å². The van der Waals surface area contributed by atoms with Gasteiger partial charge in [-0.15, -0.1) is 0 Å². The number of nitrogens with zero attached hydrogens (tertiary/aromatic N) is 2. The van der Waals surface area contributed by atoms with Crippen LogP contribution in [0.25, 0.3) is 21.7 Å². The van der Waals surface area contributed by atoms with Gasteiger partial charge in [0.05, 0.1) is 11.9 Å². The van der Waals surface area contributed by atoms with E-state index in [9.17, 15) is 9.59 Å². The second kappa shape index (κ2) is 5.67. The Balaban J connectivity index is 1.34. The van der Waals surface area contributed by atoms with Crippen molar-refractivity contribution in [3.05, 3.63) is 72.7 Å². The lowest BCUT2D eigenvalue weighted by molar-refractivity contribution is -0.125. The summed E-state index contributed by atoms with van der Waals surface area (Å²) in [6, 6.07) is 15.5. The minimum atomic E-state index is -0.826. The van der Waals surface area contributed by atoms with Gasteiger partial charge in [0, 0.05) is 28.7 Å². The zero-order valence-corrected chi connectivity index (χ0v) is 15.6. The number of urea groups is 1. The normalized spacial score (nSPS) is 23.7. The van der Waals surface area contributed by atoms with Gasteiger partial charge in [0.15, 0.2) is 0 Å². The molecule has 6 rings (SSSR count). The van der Waals surface area contributed by atoms with Crippen molar-refractivity contribution < 1.29 is 9.59 Å². The molecule has 0 atom stereocenters. The van der Waals surface area contributed by atoms with Gasteiger partial charge in [0.2, 0.25) is 0 Å². The number of carbonyl (C=O) groups excluding carboxylic acids is 2. The highest BCUT2D eigenvalue weighted by atomic mass is 16.2. The van der Waals surface area contributed by atoms with Gasteiger partial charge in [-0.25, -0.2) is 9.69 Å². The summed E-state index contributed by atoms with van der Waals surface area (Å²) in [5.74, 6) is 0.0442. The van der Waals surface area contributed by atoms with Crippen molar-refractivity contribution in [2.45, 2.75) is 24.3 Å². The number of hydrogen-bond acceptors (Lipinski definition) is 3. The highest BCUT2D eigenvalue weighted by Gasteiger charge is 2.59. The predicted octanol–water partition coefficient (Wildman–Crippen LogP) is 4.09. The maximum absolute atomic E-state index is 13.4. The van der Waals surface area contributed by atoms with Crippen LogP contribution in [-0.2, 0) is 4.79 Å². The molecule has 142 valence electrons. The lowest BCUT2D eigenvalue weighted by Gasteiger charge is -2.43. The first-order valence-electron chi connectivity index (χ1n) is 9.72. The van der Waals surface area contributed by atoms with Gasteiger partial charge in [-0.05, 0) is 35.8 Å². The lowest BCUT2D eigenvalue weighted by Crippen LogP contribution is -2.56. The summed E-state index contributed by atoms with van der Waals surface area (Å²) in [6.07, 6.45) is 6.47. The Bertz CT molecular complexity index is 1300. The summed E-state index contributed by atoms with van der Waals surface area (Å²) >= 11 is 0. The second-order valence-electron chi connectivity index (χ2n) is 7.93. The van der Waals surface area contributed by atoms with Crippen molar-refractivity contribution in [1.29, 1.82) is 0 Å². The van der Waals surface area contributed by atoms with E-state index in [1.165, 1.54) is 10.5 Å². The van der Waals surface area contributed by atoms with Crippen LogP contribution in [-0.4, -0.2) is 27.4 Å². The van der Waals surface area contributed by atoms with Crippen molar-refractivity contribution in [3.8, 4) is 0 Å². The third-order valence-corrected chi connectivity index (χ3v) is 6.30. The number of aromatic nitrogens is 2. The number of fused-ring (bicyclic) bond motifs is 2. The van der Waals surface area contributed by atoms with Crippen LogP contribution in [0.15, 0.2) is 67.1 Å². The number of para-hydroxylation sites is 1. The average molecular weight is 382 g/mol.